The summed E-state index contributed by atoms with van der Waals surface area (Å²) in [5.74, 6) is 0.657. The standard InChI is InChI=1S/C28H23NO/c1-17-25-20-12-4-6-14-22(20)27(23-15-7-5-13-21(23)25)26(17)28(30)29-24-16-8-10-18-9-2-3-11-19(18)24/h2-17,25-27H,1H3,(H,29,30)/t17-,25?,26-,27?/m0/s1. The highest BCUT2D eigenvalue weighted by Gasteiger charge is 2.50. The van der Waals surface area contributed by atoms with Crippen LogP contribution < -0.4 is 5.32 Å². The van der Waals surface area contributed by atoms with E-state index in [0.29, 0.717) is 0 Å². The number of rotatable bonds is 2. The summed E-state index contributed by atoms with van der Waals surface area (Å²) in [7, 11) is 0. The van der Waals surface area contributed by atoms with Gasteiger partial charge in [-0.1, -0.05) is 91.9 Å². The highest BCUT2D eigenvalue weighted by molar-refractivity contribution is 6.03. The van der Waals surface area contributed by atoms with Gasteiger partial charge in [-0.2, -0.15) is 0 Å². The SMILES string of the molecule is C[C@H]1C2c3ccccc3C(c3ccccc32)[C@H]1C(=O)Nc1cccc2ccccc12. The number of amides is 1. The summed E-state index contributed by atoms with van der Waals surface area (Å²) >= 11 is 0. The molecule has 0 fully saturated rings. The van der Waals surface area contributed by atoms with Crippen LogP contribution in [0.2, 0.25) is 0 Å². The molecular formula is C28H23NO. The second-order valence-electron chi connectivity index (χ2n) is 8.61. The zero-order valence-corrected chi connectivity index (χ0v) is 16.9. The van der Waals surface area contributed by atoms with Gasteiger partial charge in [0.1, 0.15) is 0 Å². The minimum atomic E-state index is -0.0845. The Morgan fingerprint density at radius 1 is 0.667 bits per heavy atom. The van der Waals surface area contributed by atoms with E-state index in [1.165, 1.54) is 22.3 Å². The van der Waals surface area contributed by atoms with Crippen molar-refractivity contribution in [3.8, 4) is 0 Å². The third-order valence-electron chi connectivity index (χ3n) is 7.13. The third-order valence-corrected chi connectivity index (χ3v) is 7.13. The van der Waals surface area contributed by atoms with Gasteiger partial charge in [0, 0.05) is 22.9 Å². The molecule has 1 amide bonds. The number of fused-ring (bicyclic) bond motifs is 2. The maximum atomic E-state index is 13.7. The fourth-order valence-electron chi connectivity index (χ4n) is 5.89. The van der Waals surface area contributed by atoms with Crippen LogP contribution in [0.3, 0.4) is 0 Å². The molecule has 0 saturated heterocycles. The molecule has 2 nitrogen and oxygen atoms in total. The quantitative estimate of drug-likeness (QED) is 0.427. The van der Waals surface area contributed by atoms with Crippen molar-refractivity contribution in [2.24, 2.45) is 11.8 Å². The highest BCUT2D eigenvalue weighted by Crippen LogP contribution is 2.58. The number of benzene rings is 4. The minimum Gasteiger partial charge on any atom is -0.325 e. The first-order valence-corrected chi connectivity index (χ1v) is 10.7. The lowest BCUT2D eigenvalue weighted by Gasteiger charge is -2.49. The van der Waals surface area contributed by atoms with Crippen LogP contribution in [0, 0.1) is 11.8 Å². The van der Waals surface area contributed by atoms with Crippen molar-refractivity contribution in [3.05, 3.63) is 113 Å². The first-order chi connectivity index (χ1) is 14.7. The number of carbonyl (C=O) groups excluding carboxylic acids is 1. The zero-order chi connectivity index (χ0) is 20.2. The molecule has 0 unspecified atom stereocenters. The van der Waals surface area contributed by atoms with Gasteiger partial charge in [-0.05, 0) is 39.6 Å². The summed E-state index contributed by atoms with van der Waals surface area (Å²) in [6, 6.07) is 31.7. The summed E-state index contributed by atoms with van der Waals surface area (Å²) in [4.78, 5) is 13.7. The molecule has 1 N–H and O–H groups in total. The molecule has 0 saturated carbocycles. The Morgan fingerprint density at radius 2 is 1.20 bits per heavy atom. The lowest BCUT2D eigenvalue weighted by molar-refractivity contribution is -0.122. The maximum absolute atomic E-state index is 13.7. The van der Waals surface area contributed by atoms with Gasteiger partial charge in [0.15, 0.2) is 0 Å². The summed E-state index contributed by atoms with van der Waals surface area (Å²) in [6.45, 7) is 2.25. The maximum Gasteiger partial charge on any atom is 0.228 e. The largest absolute Gasteiger partial charge is 0.325 e. The molecule has 2 atom stereocenters. The smallest absolute Gasteiger partial charge is 0.228 e. The fourth-order valence-corrected chi connectivity index (χ4v) is 5.89. The van der Waals surface area contributed by atoms with Gasteiger partial charge in [-0.25, -0.2) is 0 Å². The third kappa shape index (κ3) is 2.40. The number of anilines is 1. The molecule has 0 aromatic heterocycles. The van der Waals surface area contributed by atoms with Crippen LogP contribution in [0.4, 0.5) is 5.69 Å². The van der Waals surface area contributed by atoms with Crippen molar-refractivity contribution in [3.63, 3.8) is 0 Å². The Morgan fingerprint density at radius 3 is 1.87 bits per heavy atom. The molecule has 0 spiro atoms. The molecule has 2 bridgehead atoms. The molecule has 4 aromatic carbocycles. The van der Waals surface area contributed by atoms with E-state index in [2.05, 4.69) is 79.0 Å². The molecule has 0 aliphatic heterocycles. The molecule has 4 aromatic rings. The molecule has 2 heteroatoms. The van der Waals surface area contributed by atoms with Gasteiger partial charge in [0.05, 0.1) is 5.92 Å². The second kappa shape index (κ2) is 6.56. The van der Waals surface area contributed by atoms with E-state index in [1.807, 2.05) is 24.3 Å². The van der Waals surface area contributed by atoms with Crippen LogP contribution in [0.15, 0.2) is 91.0 Å². The Bertz CT molecular complexity index is 1240. The van der Waals surface area contributed by atoms with E-state index in [9.17, 15) is 4.79 Å². The minimum absolute atomic E-state index is 0.0845. The monoisotopic (exact) mass is 389 g/mol. The van der Waals surface area contributed by atoms with Crippen molar-refractivity contribution in [1.29, 1.82) is 0 Å². The predicted octanol–water partition coefficient (Wildman–Crippen LogP) is 6.32. The average molecular weight is 389 g/mol. The van der Waals surface area contributed by atoms with Crippen molar-refractivity contribution in [2.45, 2.75) is 18.8 Å². The predicted molar refractivity (Wildman–Crippen MR) is 122 cm³/mol. The van der Waals surface area contributed by atoms with Crippen molar-refractivity contribution >= 4 is 22.4 Å². The van der Waals surface area contributed by atoms with E-state index in [1.54, 1.807) is 0 Å². The Balaban J connectivity index is 1.45. The van der Waals surface area contributed by atoms with Gasteiger partial charge in [0.25, 0.3) is 0 Å². The Labute approximate surface area is 176 Å². The second-order valence-corrected chi connectivity index (χ2v) is 8.61. The van der Waals surface area contributed by atoms with E-state index in [-0.39, 0.29) is 29.6 Å². The van der Waals surface area contributed by atoms with Crippen LogP contribution in [0.5, 0.6) is 0 Å². The molecule has 146 valence electrons. The summed E-state index contributed by atoms with van der Waals surface area (Å²) < 4.78 is 0. The van der Waals surface area contributed by atoms with Gasteiger partial charge in [0.2, 0.25) is 5.91 Å². The first kappa shape index (κ1) is 17.5. The molecular weight excluding hydrogens is 366 g/mol. The van der Waals surface area contributed by atoms with Crippen molar-refractivity contribution < 1.29 is 4.79 Å². The molecule has 3 aliphatic carbocycles. The number of carbonyl (C=O) groups is 1. The fraction of sp³-hybridized carbons (Fsp3) is 0.179. The summed E-state index contributed by atoms with van der Waals surface area (Å²) in [5.41, 5.74) is 6.31. The molecule has 3 aliphatic rings. The van der Waals surface area contributed by atoms with Gasteiger partial charge in [-0.3, -0.25) is 4.79 Å². The average Bonchev–Trinajstić information content (AvgIpc) is 2.79. The Kier molecular flexibility index (Phi) is 3.82. The summed E-state index contributed by atoms with van der Waals surface area (Å²) in [5, 5.41) is 5.52. The van der Waals surface area contributed by atoms with Crippen LogP contribution in [-0.4, -0.2) is 5.91 Å². The lowest BCUT2D eigenvalue weighted by Crippen LogP contribution is -2.44. The number of hydrogen-bond donors (Lipinski definition) is 1. The normalized spacial score (nSPS) is 23.6. The molecule has 7 rings (SSSR count). The lowest BCUT2D eigenvalue weighted by atomic mass is 9.54. The van der Waals surface area contributed by atoms with Crippen molar-refractivity contribution in [1.82, 2.24) is 0 Å². The van der Waals surface area contributed by atoms with Crippen LogP contribution >= 0.6 is 0 Å². The Hall–Kier alpha value is -3.39. The first-order valence-electron chi connectivity index (χ1n) is 10.7. The van der Waals surface area contributed by atoms with Gasteiger partial charge < -0.3 is 5.32 Å². The van der Waals surface area contributed by atoms with E-state index in [4.69, 9.17) is 0 Å². The van der Waals surface area contributed by atoms with Gasteiger partial charge in [-0.15, -0.1) is 0 Å². The number of hydrogen-bond acceptors (Lipinski definition) is 1. The molecule has 0 radical (unpaired) electrons. The van der Waals surface area contributed by atoms with E-state index in [0.717, 1.165) is 16.5 Å². The summed E-state index contributed by atoms with van der Waals surface area (Å²) in [6.07, 6.45) is 0. The van der Waals surface area contributed by atoms with E-state index >= 15 is 0 Å². The van der Waals surface area contributed by atoms with Crippen LogP contribution in [0.1, 0.15) is 41.0 Å². The zero-order valence-electron chi connectivity index (χ0n) is 16.9. The van der Waals surface area contributed by atoms with Gasteiger partial charge >= 0.3 is 0 Å². The number of nitrogens with one attached hydrogen (secondary N) is 1. The van der Waals surface area contributed by atoms with E-state index < -0.39 is 0 Å². The van der Waals surface area contributed by atoms with Crippen molar-refractivity contribution in [2.75, 3.05) is 5.32 Å². The highest BCUT2D eigenvalue weighted by atomic mass is 16.1. The molecule has 0 heterocycles. The molecule has 30 heavy (non-hydrogen) atoms. The topological polar surface area (TPSA) is 29.1 Å². The van der Waals surface area contributed by atoms with Crippen LogP contribution in [-0.2, 0) is 4.79 Å². The van der Waals surface area contributed by atoms with Crippen LogP contribution in [0.25, 0.3) is 10.8 Å².